The lowest BCUT2D eigenvalue weighted by atomic mass is 10.2. The highest BCUT2D eigenvalue weighted by molar-refractivity contribution is 5.75. The summed E-state index contributed by atoms with van der Waals surface area (Å²) in [6.45, 7) is 4.09. The Bertz CT molecular complexity index is 1130. The van der Waals surface area contributed by atoms with Gasteiger partial charge in [0.15, 0.2) is 0 Å². The molecule has 1 saturated heterocycles. The predicted octanol–water partition coefficient (Wildman–Crippen LogP) is 0.0423. The van der Waals surface area contributed by atoms with Crippen LogP contribution in [0.25, 0.3) is 11.3 Å². The summed E-state index contributed by atoms with van der Waals surface area (Å²) in [5.74, 6) is 0.952. The lowest BCUT2D eigenvalue weighted by Gasteiger charge is -2.33. The molecule has 0 atom stereocenters. The summed E-state index contributed by atoms with van der Waals surface area (Å²) in [6, 6.07) is 8.40. The molecule has 0 bridgehead atoms. The summed E-state index contributed by atoms with van der Waals surface area (Å²) in [5, 5.41) is 7.01. The maximum absolute atomic E-state index is 12.3. The summed E-state index contributed by atoms with van der Waals surface area (Å²) in [4.78, 5) is 41.3. The Morgan fingerprint density at radius 3 is 2.67 bits per heavy atom. The van der Waals surface area contributed by atoms with E-state index in [-0.39, 0.29) is 31.2 Å². The van der Waals surface area contributed by atoms with Crippen LogP contribution in [0.2, 0.25) is 0 Å². The minimum absolute atomic E-state index is 0.182. The number of ether oxygens (including phenoxy) is 1. The molecule has 0 unspecified atom stereocenters. The number of hydrogen-bond acceptors (Lipinski definition) is 9. The molecule has 0 saturated carbocycles. The molecular formula is C22H26N8O3. The number of rotatable bonds is 8. The van der Waals surface area contributed by atoms with Crippen molar-refractivity contribution in [1.82, 2.24) is 34.9 Å². The zero-order valence-electron chi connectivity index (χ0n) is 18.4. The maximum Gasteiger partial charge on any atom is 0.267 e. The first kappa shape index (κ1) is 22.3. The summed E-state index contributed by atoms with van der Waals surface area (Å²) < 4.78 is 6.80. The van der Waals surface area contributed by atoms with E-state index < -0.39 is 0 Å². The number of pyridine rings is 1. The number of likely N-dealkylation sites (N-methyl/N-ethyl adjacent to an activating group) is 1. The molecule has 0 spiro atoms. The Hall–Kier alpha value is -3.86. The maximum atomic E-state index is 12.3. The quantitative estimate of drug-likeness (QED) is 0.475. The molecular weight excluding hydrogens is 424 g/mol. The third kappa shape index (κ3) is 6.10. The van der Waals surface area contributed by atoms with Crippen LogP contribution in [0.1, 0.15) is 0 Å². The molecule has 1 fully saturated rings. The van der Waals surface area contributed by atoms with Gasteiger partial charge in [-0.1, -0.05) is 0 Å². The molecule has 4 rings (SSSR count). The Morgan fingerprint density at radius 2 is 1.88 bits per heavy atom. The SMILES string of the molecule is CN1CCN(c2cc(OCCNC(=O)Cn3nc(-c4ccncc4)ccc3=O)ncn2)CC1. The van der Waals surface area contributed by atoms with Crippen molar-refractivity contribution in [3.63, 3.8) is 0 Å². The van der Waals surface area contributed by atoms with E-state index in [0.29, 0.717) is 11.6 Å². The molecule has 0 aliphatic carbocycles. The summed E-state index contributed by atoms with van der Waals surface area (Å²) in [7, 11) is 2.10. The first-order chi connectivity index (χ1) is 16.1. The Morgan fingerprint density at radius 1 is 1.09 bits per heavy atom. The molecule has 11 nitrogen and oxygen atoms in total. The fourth-order valence-electron chi connectivity index (χ4n) is 3.39. The average molecular weight is 451 g/mol. The average Bonchev–Trinajstić information content (AvgIpc) is 2.84. The number of amides is 1. The zero-order chi connectivity index (χ0) is 23.0. The fraction of sp³-hybridized carbons (Fsp3) is 0.364. The van der Waals surface area contributed by atoms with E-state index in [0.717, 1.165) is 42.2 Å². The highest BCUT2D eigenvalue weighted by Crippen LogP contribution is 2.17. The molecule has 3 aromatic heterocycles. The number of nitrogens with one attached hydrogen (secondary N) is 1. The standard InChI is InChI=1S/C22H26N8O3/c1-28-9-11-29(12-10-28)19-14-21(26-16-25-19)33-13-8-24-20(31)15-30-22(32)3-2-18(27-30)17-4-6-23-7-5-17/h2-7,14,16H,8-13,15H2,1H3,(H,24,31). The second kappa shape index (κ2) is 10.6. The smallest absolute Gasteiger partial charge is 0.267 e. The van der Waals surface area contributed by atoms with Gasteiger partial charge in [0.1, 0.15) is 25.3 Å². The van der Waals surface area contributed by atoms with Crippen LogP contribution in [0.4, 0.5) is 5.82 Å². The molecule has 0 radical (unpaired) electrons. The highest BCUT2D eigenvalue weighted by Gasteiger charge is 2.16. The van der Waals surface area contributed by atoms with Gasteiger partial charge >= 0.3 is 0 Å². The van der Waals surface area contributed by atoms with E-state index in [9.17, 15) is 9.59 Å². The van der Waals surface area contributed by atoms with Crippen LogP contribution >= 0.6 is 0 Å². The molecule has 1 amide bonds. The van der Waals surface area contributed by atoms with Crippen LogP contribution in [-0.2, 0) is 11.3 Å². The van der Waals surface area contributed by atoms with Gasteiger partial charge in [0, 0.05) is 56.3 Å². The van der Waals surface area contributed by atoms with Crippen molar-refractivity contribution < 1.29 is 9.53 Å². The lowest BCUT2D eigenvalue weighted by molar-refractivity contribution is -0.122. The second-order valence-corrected chi connectivity index (χ2v) is 7.65. The molecule has 1 aliphatic rings. The van der Waals surface area contributed by atoms with Crippen molar-refractivity contribution in [2.24, 2.45) is 0 Å². The van der Waals surface area contributed by atoms with Crippen molar-refractivity contribution in [3.8, 4) is 17.1 Å². The monoisotopic (exact) mass is 450 g/mol. The van der Waals surface area contributed by atoms with E-state index in [4.69, 9.17) is 4.74 Å². The number of piperazine rings is 1. The molecule has 3 aromatic rings. The van der Waals surface area contributed by atoms with Crippen molar-refractivity contribution in [1.29, 1.82) is 0 Å². The molecule has 1 N–H and O–H groups in total. The summed E-state index contributed by atoms with van der Waals surface area (Å²) in [5.41, 5.74) is 1.05. The molecule has 4 heterocycles. The third-order valence-electron chi connectivity index (χ3n) is 5.27. The topological polar surface area (TPSA) is 118 Å². The van der Waals surface area contributed by atoms with Gasteiger partial charge in [0.25, 0.3) is 5.56 Å². The largest absolute Gasteiger partial charge is 0.476 e. The number of hydrogen-bond donors (Lipinski definition) is 1. The normalized spacial score (nSPS) is 14.2. The molecule has 11 heteroatoms. The van der Waals surface area contributed by atoms with Crippen LogP contribution in [0.3, 0.4) is 0 Å². The van der Waals surface area contributed by atoms with Crippen molar-refractivity contribution >= 4 is 11.7 Å². The number of nitrogens with zero attached hydrogens (tertiary/aromatic N) is 7. The molecule has 0 aromatic carbocycles. The van der Waals surface area contributed by atoms with Gasteiger partial charge in [-0.05, 0) is 25.2 Å². The van der Waals surface area contributed by atoms with E-state index in [1.54, 1.807) is 36.7 Å². The number of carbonyl (C=O) groups is 1. The molecule has 1 aliphatic heterocycles. The second-order valence-electron chi connectivity index (χ2n) is 7.65. The van der Waals surface area contributed by atoms with Crippen molar-refractivity contribution in [3.05, 3.63) is 59.4 Å². The summed E-state index contributed by atoms with van der Waals surface area (Å²) >= 11 is 0. The Balaban J connectivity index is 1.26. The minimum atomic E-state index is -0.350. The van der Waals surface area contributed by atoms with Crippen molar-refractivity contribution in [2.75, 3.05) is 51.3 Å². The highest BCUT2D eigenvalue weighted by atomic mass is 16.5. The van der Waals surface area contributed by atoms with Gasteiger partial charge in [-0.15, -0.1) is 0 Å². The van der Waals surface area contributed by atoms with E-state index in [1.165, 1.54) is 12.4 Å². The first-order valence-corrected chi connectivity index (χ1v) is 10.7. The van der Waals surface area contributed by atoms with Gasteiger partial charge in [0.05, 0.1) is 12.2 Å². The van der Waals surface area contributed by atoms with Gasteiger partial charge in [-0.2, -0.15) is 5.10 Å². The van der Waals surface area contributed by atoms with Crippen LogP contribution < -0.4 is 20.5 Å². The predicted molar refractivity (Wildman–Crippen MR) is 122 cm³/mol. The van der Waals surface area contributed by atoms with E-state index in [2.05, 4.69) is 42.2 Å². The first-order valence-electron chi connectivity index (χ1n) is 10.7. The zero-order valence-corrected chi connectivity index (χ0v) is 18.4. The Kier molecular flexibility index (Phi) is 7.20. The summed E-state index contributed by atoms with van der Waals surface area (Å²) in [6.07, 6.45) is 4.77. The number of aromatic nitrogens is 5. The van der Waals surface area contributed by atoms with Crippen LogP contribution in [0.15, 0.2) is 53.8 Å². The molecule has 172 valence electrons. The van der Waals surface area contributed by atoms with Gasteiger partial charge < -0.3 is 19.9 Å². The van der Waals surface area contributed by atoms with Gasteiger partial charge in [0.2, 0.25) is 11.8 Å². The molecule has 33 heavy (non-hydrogen) atoms. The number of carbonyl (C=O) groups excluding carboxylic acids is 1. The van der Waals surface area contributed by atoms with E-state index in [1.807, 2.05) is 0 Å². The fourth-order valence-corrected chi connectivity index (χ4v) is 3.39. The van der Waals surface area contributed by atoms with Crippen LogP contribution in [-0.4, -0.2) is 81.9 Å². The van der Waals surface area contributed by atoms with Gasteiger partial charge in [-0.25, -0.2) is 14.6 Å². The number of anilines is 1. The Labute approximate surface area is 191 Å². The van der Waals surface area contributed by atoms with Crippen LogP contribution in [0.5, 0.6) is 5.88 Å². The third-order valence-corrected chi connectivity index (χ3v) is 5.27. The van der Waals surface area contributed by atoms with E-state index >= 15 is 0 Å². The minimum Gasteiger partial charge on any atom is -0.476 e. The van der Waals surface area contributed by atoms with Crippen LogP contribution in [0, 0.1) is 0 Å². The lowest BCUT2D eigenvalue weighted by Crippen LogP contribution is -2.44. The van der Waals surface area contributed by atoms with Gasteiger partial charge in [-0.3, -0.25) is 14.6 Å². The van der Waals surface area contributed by atoms with Crippen molar-refractivity contribution in [2.45, 2.75) is 6.54 Å².